The fraction of sp³-hybridized carbons (Fsp3) is 0.889. The SMILES string of the molecule is O=C(N[C@]1(Cl)O[C@H](CO)[C@@H](O)[C@H](O)[C@H]1O)OCC(Cl)(Cl)Cl. The predicted molar refractivity (Wildman–Crippen MR) is 73.3 cm³/mol. The molecule has 12 heteroatoms. The fourth-order valence-electron chi connectivity index (χ4n) is 1.56. The van der Waals surface area contributed by atoms with E-state index in [4.69, 9.17) is 56.2 Å². The Bertz CT molecular complexity index is 380. The van der Waals surface area contributed by atoms with Crippen LogP contribution in [-0.2, 0) is 9.47 Å². The number of amides is 1. The van der Waals surface area contributed by atoms with Crippen molar-refractivity contribution >= 4 is 52.5 Å². The van der Waals surface area contributed by atoms with Crippen LogP contribution in [0.3, 0.4) is 0 Å². The molecule has 0 bridgehead atoms. The highest BCUT2D eigenvalue weighted by Crippen LogP contribution is 2.32. The first-order valence-electron chi connectivity index (χ1n) is 5.53. The Morgan fingerprint density at radius 3 is 2.33 bits per heavy atom. The van der Waals surface area contributed by atoms with Crippen molar-refractivity contribution in [3.05, 3.63) is 0 Å². The molecule has 0 spiro atoms. The van der Waals surface area contributed by atoms with Gasteiger partial charge in [0.05, 0.1) is 6.61 Å². The number of alkyl carbamates (subject to hydrolysis) is 1. The highest BCUT2D eigenvalue weighted by atomic mass is 35.6. The third kappa shape index (κ3) is 5.12. The molecule has 0 aromatic heterocycles. The third-order valence-corrected chi connectivity index (χ3v) is 3.31. The van der Waals surface area contributed by atoms with Crippen molar-refractivity contribution in [2.45, 2.75) is 33.4 Å². The van der Waals surface area contributed by atoms with Crippen LogP contribution in [0.2, 0.25) is 0 Å². The molecule has 1 aliphatic rings. The minimum Gasteiger partial charge on any atom is -0.445 e. The quantitative estimate of drug-likeness (QED) is 0.324. The van der Waals surface area contributed by atoms with Crippen LogP contribution < -0.4 is 5.32 Å². The van der Waals surface area contributed by atoms with Gasteiger partial charge in [0.15, 0.2) is 0 Å². The van der Waals surface area contributed by atoms with Crippen molar-refractivity contribution < 1.29 is 34.7 Å². The molecule has 0 saturated carbocycles. The van der Waals surface area contributed by atoms with Crippen molar-refractivity contribution in [2.75, 3.05) is 13.2 Å². The van der Waals surface area contributed by atoms with Gasteiger partial charge in [0.25, 0.3) is 5.18 Å². The van der Waals surface area contributed by atoms with E-state index in [2.05, 4.69) is 4.74 Å². The highest BCUT2D eigenvalue weighted by molar-refractivity contribution is 6.67. The van der Waals surface area contributed by atoms with E-state index < -0.39 is 52.7 Å². The van der Waals surface area contributed by atoms with Crippen LogP contribution in [0.4, 0.5) is 4.79 Å². The lowest BCUT2D eigenvalue weighted by Gasteiger charge is -2.44. The van der Waals surface area contributed by atoms with Crippen molar-refractivity contribution in [2.24, 2.45) is 0 Å². The molecule has 1 amide bonds. The molecule has 0 radical (unpaired) electrons. The minimum absolute atomic E-state index is 0.610. The summed E-state index contributed by atoms with van der Waals surface area (Å²) in [6.07, 6.45) is -7.83. The molecule has 8 nitrogen and oxygen atoms in total. The van der Waals surface area contributed by atoms with Gasteiger partial charge in [-0.15, -0.1) is 0 Å². The molecule has 124 valence electrons. The Balaban J connectivity index is 2.72. The average molecular weight is 389 g/mol. The summed E-state index contributed by atoms with van der Waals surface area (Å²) in [5, 5.41) is 37.5. The van der Waals surface area contributed by atoms with E-state index in [9.17, 15) is 20.1 Å². The summed E-state index contributed by atoms with van der Waals surface area (Å²) >= 11 is 22.0. The zero-order valence-corrected chi connectivity index (χ0v) is 13.3. The van der Waals surface area contributed by atoms with Gasteiger partial charge >= 0.3 is 6.09 Å². The van der Waals surface area contributed by atoms with Crippen molar-refractivity contribution in [3.63, 3.8) is 0 Å². The van der Waals surface area contributed by atoms with Gasteiger partial charge in [-0.25, -0.2) is 4.79 Å². The van der Waals surface area contributed by atoms with Crippen LogP contribution in [-0.4, -0.2) is 73.1 Å². The minimum atomic E-state index is -2.34. The zero-order valence-electron chi connectivity index (χ0n) is 10.2. The Morgan fingerprint density at radius 1 is 1.29 bits per heavy atom. The molecular weight excluding hydrogens is 376 g/mol. The molecule has 0 aliphatic carbocycles. The van der Waals surface area contributed by atoms with Crippen LogP contribution in [0.1, 0.15) is 0 Å². The summed E-state index contributed by atoms with van der Waals surface area (Å²) < 4.78 is 7.64. The largest absolute Gasteiger partial charge is 0.445 e. The third-order valence-electron chi connectivity index (χ3n) is 2.58. The summed E-state index contributed by atoms with van der Waals surface area (Å²) in [5.74, 6) is 0. The molecule has 5 N–H and O–H groups in total. The lowest BCUT2D eigenvalue weighted by molar-refractivity contribution is -0.251. The Morgan fingerprint density at radius 2 is 1.86 bits per heavy atom. The second-order valence-electron chi connectivity index (χ2n) is 4.23. The summed E-state index contributed by atoms with van der Waals surface area (Å²) in [6, 6.07) is 0. The van der Waals surface area contributed by atoms with Crippen molar-refractivity contribution in [1.82, 2.24) is 5.32 Å². The van der Waals surface area contributed by atoms with Gasteiger partial charge < -0.3 is 29.9 Å². The molecule has 5 atom stereocenters. The van der Waals surface area contributed by atoms with E-state index >= 15 is 0 Å². The molecule has 1 fully saturated rings. The molecule has 0 unspecified atom stereocenters. The zero-order chi connectivity index (χ0) is 16.4. The maximum absolute atomic E-state index is 11.5. The van der Waals surface area contributed by atoms with Gasteiger partial charge in [0.2, 0.25) is 3.79 Å². The first-order valence-corrected chi connectivity index (χ1v) is 7.05. The summed E-state index contributed by atoms with van der Waals surface area (Å²) in [5.41, 5.74) is 0. The molecule has 21 heavy (non-hydrogen) atoms. The van der Waals surface area contributed by atoms with Crippen LogP contribution in [0.25, 0.3) is 0 Å². The molecule has 0 aromatic carbocycles. The Kier molecular flexibility index (Phi) is 6.61. The van der Waals surface area contributed by atoms with Gasteiger partial charge in [0, 0.05) is 0 Å². The van der Waals surface area contributed by atoms with Gasteiger partial charge in [-0.3, -0.25) is 5.32 Å². The van der Waals surface area contributed by atoms with Crippen LogP contribution >= 0.6 is 46.4 Å². The maximum atomic E-state index is 11.5. The lowest BCUT2D eigenvalue weighted by Crippen LogP contribution is -2.68. The van der Waals surface area contributed by atoms with Crippen LogP contribution in [0.15, 0.2) is 0 Å². The standard InChI is InChI=1S/C9H13Cl4NO7/c10-8(11,12)2-20-7(19)14-9(13)6(18)5(17)4(16)3(1-15)21-9/h3-6,15-18H,1-2H2,(H,14,19)/t3-,4-,5+,6-,9+/m1/s1. The summed E-state index contributed by atoms with van der Waals surface area (Å²) in [7, 11) is 0. The number of alkyl halides is 4. The first-order chi connectivity index (χ1) is 9.50. The van der Waals surface area contributed by atoms with E-state index in [0.717, 1.165) is 0 Å². The Labute approximate surface area is 139 Å². The van der Waals surface area contributed by atoms with Crippen molar-refractivity contribution in [3.8, 4) is 0 Å². The summed E-state index contributed by atoms with van der Waals surface area (Å²) in [4.78, 5) is 11.5. The van der Waals surface area contributed by atoms with Crippen LogP contribution in [0.5, 0.6) is 0 Å². The number of hydrogen-bond acceptors (Lipinski definition) is 7. The van der Waals surface area contributed by atoms with E-state index in [1.807, 2.05) is 5.32 Å². The number of halogens is 4. The average Bonchev–Trinajstić information content (AvgIpc) is 2.38. The number of aliphatic hydroxyl groups excluding tert-OH is 4. The first kappa shape index (κ1) is 19.3. The number of rotatable bonds is 3. The number of nitrogens with one attached hydrogen (secondary N) is 1. The second kappa shape index (κ2) is 7.20. The smallest absolute Gasteiger partial charge is 0.410 e. The van der Waals surface area contributed by atoms with E-state index in [1.165, 1.54) is 0 Å². The molecule has 1 aliphatic heterocycles. The predicted octanol–water partition coefficient (Wildman–Crippen LogP) is -0.551. The molecule has 1 saturated heterocycles. The monoisotopic (exact) mass is 387 g/mol. The highest BCUT2D eigenvalue weighted by Gasteiger charge is 2.54. The number of aliphatic hydroxyl groups is 4. The van der Waals surface area contributed by atoms with Crippen molar-refractivity contribution in [1.29, 1.82) is 0 Å². The number of ether oxygens (including phenoxy) is 2. The van der Waals surface area contributed by atoms with Gasteiger partial charge in [0.1, 0.15) is 31.0 Å². The van der Waals surface area contributed by atoms with E-state index in [0.29, 0.717) is 0 Å². The lowest BCUT2D eigenvalue weighted by atomic mass is 9.98. The van der Waals surface area contributed by atoms with Gasteiger partial charge in [-0.1, -0.05) is 46.4 Å². The molecule has 1 heterocycles. The molecular formula is C9H13Cl4NO7. The van der Waals surface area contributed by atoms with Gasteiger partial charge in [-0.2, -0.15) is 0 Å². The Hall–Kier alpha value is 0.230. The molecule has 0 aromatic rings. The molecule has 1 rings (SSSR count). The normalized spacial score (nSPS) is 37.1. The number of carbonyl (C=O) groups excluding carboxylic acids is 1. The number of carbonyl (C=O) groups is 1. The van der Waals surface area contributed by atoms with Gasteiger partial charge in [-0.05, 0) is 0 Å². The van der Waals surface area contributed by atoms with E-state index in [1.54, 1.807) is 0 Å². The maximum Gasteiger partial charge on any atom is 0.410 e. The summed E-state index contributed by atoms with van der Waals surface area (Å²) in [6.45, 7) is -1.33. The number of hydrogen-bond donors (Lipinski definition) is 5. The topological polar surface area (TPSA) is 128 Å². The van der Waals surface area contributed by atoms with E-state index in [-0.39, 0.29) is 0 Å². The fourth-order valence-corrected chi connectivity index (χ4v) is 2.04. The second-order valence-corrected chi connectivity index (χ2v) is 7.30. The van der Waals surface area contributed by atoms with Crippen LogP contribution in [0, 0.1) is 0 Å².